The van der Waals surface area contributed by atoms with Crippen molar-refractivity contribution in [3.63, 3.8) is 0 Å². The molecular formula is C16H19ClN2O5. The Morgan fingerprint density at radius 2 is 2.17 bits per heavy atom. The van der Waals surface area contributed by atoms with Crippen LogP contribution < -0.4 is 0 Å². The van der Waals surface area contributed by atoms with Gasteiger partial charge in [-0.3, -0.25) is 9.59 Å². The van der Waals surface area contributed by atoms with Crippen molar-refractivity contribution in [3.05, 3.63) is 29.0 Å². The number of esters is 2. The molecule has 1 aliphatic rings. The molecule has 0 aromatic carbocycles. The number of aromatic nitrogens is 1. The lowest BCUT2D eigenvalue weighted by Gasteiger charge is -2.31. The number of hydrogen-bond acceptors (Lipinski definition) is 6. The molecule has 0 N–H and O–H groups in total. The first-order valence-electron chi connectivity index (χ1n) is 7.74. The van der Waals surface area contributed by atoms with E-state index in [9.17, 15) is 14.4 Å². The maximum absolute atomic E-state index is 12.2. The van der Waals surface area contributed by atoms with E-state index >= 15 is 0 Å². The highest BCUT2D eigenvalue weighted by Gasteiger charge is 2.29. The molecule has 2 heterocycles. The zero-order valence-electron chi connectivity index (χ0n) is 13.4. The van der Waals surface area contributed by atoms with Gasteiger partial charge in [0.25, 0.3) is 5.91 Å². The Labute approximate surface area is 144 Å². The first-order valence-corrected chi connectivity index (χ1v) is 8.12. The molecular weight excluding hydrogens is 336 g/mol. The molecule has 1 atom stereocenters. The van der Waals surface area contributed by atoms with Crippen molar-refractivity contribution in [3.8, 4) is 0 Å². The summed E-state index contributed by atoms with van der Waals surface area (Å²) < 4.78 is 10.0. The molecule has 24 heavy (non-hydrogen) atoms. The maximum atomic E-state index is 12.2. The maximum Gasteiger partial charge on any atom is 0.338 e. The molecule has 1 aromatic heterocycles. The standard InChI is InChI=1S/C16H19ClN2O5/c1-2-23-16(22)12-4-3-7-19(9-12)14(20)10-24-15(21)11-5-6-18-13(17)8-11/h5-6,8,12H,2-4,7,9-10H2,1H3. The zero-order chi connectivity index (χ0) is 17.5. The molecule has 0 aliphatic carbocycles. The Kier molecular flexibility index (Phi) is 6.54. The Bertz CT molecular complexity index is 622. The quantitative estimate of drug-likeness (QED) is 0.591. The number of hydrogen-bond donors (Lipinski definition) is 0. The van der Waals surface area contributed by atoms with Crippen LogP contribution >= 0.6 is 11.6 Å². The molecule has 130 valence electrons. The number of piperidine rings is 1. The summed E-state index contributed by atoms with van der Waals surface area (Å²) in [6.45, 7) is 2.50. The van der Waals surface area contributed by atoms with Gasteiger partial charge >= 0.3 is 11.9 Å². The van der Waals surface area contributed by atoms with Crippen molar-refractivity contribution < 1.29 is 23.9 Å². The van der Waals surface area contributed by atoms with E-state index in [0.717, 1.165) is 0 Å². The summed E-state index contributed by atoms with van der Waals surface area (Å²) in [5, 5.41) is 0.170. The van der Waals surface area contributed by atoms with Crippen LogP contribution in [-0.2, 0) is 19.1 Å². The van der Waals surface area contributed by atoms with Crippen LogP contribution in [0.1, 0.15) is 30.1 Å². The summed E-state index contributed by atoms with van der Waals surface area (Å²) in [6, 6.07) is 2.82. The fourth-order valence-electron chi connectivity index (χ4n) is 2.49. The third-order valence-electron chi connectivity index (χ3n) is 3.68. The second-order valence-electron chi connectivity index (χ2n) is 5.37. The number of carbonyl (C=O) groups excluding carboxylic acids is 3. The van der Waals surface area contributed by atoms with E-state index in [-0.39, 0.29) is 41.7 Å². The van der Waals surface area contributed by atoms with Crippen molar-refractivity contribution in [2.24, 2.45) is 5.92 Å². The third-order valence-corrected chi connectivity index (χ3v) is 3.89. The topological polar surface area (TPSA) is 85.8 Å². The molecule has 7 nitrogen and oxygen atoms in total. The van der Waals surface area contributed by atoms with Gasteiger partial charge in [-0.1, -0.05) is 11.6 Å². The molecule has 0 saturated carbocycles. The number of ether oxygens (including phenoxy) is 2. The van der Waals surface area contributed by atoms with Crippen molar-refractivity contribution >= 4 is 29.4 Å². The predicted octanol–water partition coefficient (Wildman–Crippen LogP) is 1.69. The number of halogens is 1. The molecule has 8 heteroatoms. The van der Waals surface area contributed by atoms with Crippen LogP contribution in [0, 0.1) is 5.92 Å². The third kappa shape index (κ3) is 4.92. The summed E-state index contributed by atoms with van der Waals surface area (Å²) in [7, 11) is 0. The van der Waals surface area contributed by atoms with Crippen molar-refractivity contribution in [1.82, 2.24) is 9.88 Å². The molecule has 1 unspecified atom stereocenters. The van der Waals surface area contributed by atoms with Gasteiger partial charge < -0.3 is 14.4 Å². The number of pyridine rings is 1. The summed E-state index contributed by atoms with van der Waals surface area (Å²) >= 11 is 5.71. The highest BCUT2D eigenvalue weighted by molar-refractivity contribution is 6.29. The second kappa shape index (κ2) is 8.63. The summed E-state index contributed by atoms with van der Waals surface area (Å²) in [6.07, 6.45) is 2.79. The lowest BCUT2D eigenvalue weighted by atomic mass is 9.98. The second-order valence-corrected chi connectivity index (χ2v) is 5.76. The van der Waals surface area contributed by atoms with E-state index in [1.54, 1.807) is 6.92 Å². The Balaban J connectivity index is 1.85. The van der Waals surface area contributed by atoms with Crippen LogP contribution in [-0.4, -0.2) is 54.0 Å². The molecule has 1 aromatic rings. The van der Waals surface area contributed by atoms with Crippen molar-refractivity contribution in [2.75, 3.05) is 26.3 Å². The molecule has 1 amide bonds. The van der Waals surface area contributed by atoms with Crippen LogP contribution in [0.2, 0.25) is 5.15 Å². The fraction of sp³-hybridized carbons (Fsp3) is 0.500. The highest BCUT2D eigenvalue weighted by Crippen LogP contribution is 2.18. The van der Waals surface area contributed by atoms with Gasteiger partial charge in [0, 0.05) is 19.3 Å². The van der Waals surface area contributed by atoms with Crippen LogP contribution in [0.15, 0.2) is 18.3 Å². The van der Waals surface area contributed by atoms with E-state index in [4.69, 9.17) is 21.1 Å². The first-order chi connectivity index (χ1) is 11.5. The lowest BCUT2D eigenvalue weighted by molar-refractivity contribution is -0.151. The summed E-state index contributed by atoms with van der Waals surface area (Å²) in [5.41, 5.74) is 0.228. The molecule has 0 radical (unpaired) electrons. The molecule has 1 saturated heterocycles. The smallest absolute Gasteiger partial charge is 0.338 e. The molecule has 1 aliphatic heterocycles. The SMILES string of the molecule is CCOC(=O)C1CCCN(C(=O)COC(=O)c2ccnc(Cl)c2)C1. The predicted molar refractivity (Wildman–Crippen MR) is 85.5 cm³/mol. The first kappa shape index (κ1) is 18.2. The molecule has 0 bridgehead atoms. The van der Waals surface area contributed by atoms with Crippen molar-refractivity contribution in [2.45, 2.75) is 19.8 Å². The van der Waals surface area contributed by atoms with Gasteiger partial charge in [-0.15, -0.1) is 0 Å². The number of likely N-dealkylation sites (tertiary alicyclic amines) is 1. The van der Waals surface area contributed by atoms with E-state index in [0.29, 0.717) is 26.0 Å². The van der Waals surface area contributed by atoms with Crippen LogP contribution in [0.25, 0.3) is 0 Å². The van der Waals surface area contributed by atoms with Crippen LogP contribution in [0.5, 0.6) is 0 Å². The fourth-order valence-corrected chi connectivity index (χ4v) is 2.66. The summed E-state index contributed by atoms with van der Waals surface area (Å²) in [5.74, 6) is -1.60. The van der Waals surface area contributed by atoms with Crippen molar-refractivity contribution in [1.29, 1.82) is 0 Å². The van der Waals surface area contributed by atoms with Crippen LogP contribution in [0.4, 0.5) is 0 Å². The van der Waals surface area contributed by atoms with E-state index in [2.05, 4.69) is 4.98 Å². The van der Waals surface area contributed by atoms with Gasteiger partial charge in [0.1, 0.15) is 5.15 Å². The van der Waals surface area contributed by atoms with Gasteiger partial charge in [-0.05, 0) is 31.9 Å². The lowest BCUT2D eigenvalue weighted by Crippen LogP contribution is -2.44. The highest BCUT2D eigenvalue weighted by atomic mass is 35.5. The average molecular weight is 355 g/mol. The summed E-state index contributed by atoms with van der Waals surface area (Å²) in [4.78, 5) is 41.2. The zero-order valence-corrected chi connectivity index (χ0v) is 14.1. The minimum atomic E-state index is -0.647. The van der Waals surface area contributed by atoms with Gasteiger partial charge in [0.05, 0.1) is 18.1 Å². The van der Waals surface area contributed by atoms with E-state index in [1.807, 2.05) is 0 Å². The molecule has 2 rings (SSSR count). The molecule has 1 fully saturated rings. The Morgan fingerprint density at radius 3 is 2.88 bits per heavy atom. The van der Waals surface area contributed by atoms with Gasteiger partial charge in [0.15, 0.2) is 6.61 Å². The minimum Gasteiger partial charge on any atom is -0.466 e. The minimum absolute atomic E-state index is 0.170. The number of carbonyl (C=O) groups is 3. The van der Waals surface area contributed by atoms with Gasteiger partial charge in [0.2, 0.25) is 0 Å². The van der Waals surface area contributed by atoms with Gasteiger partial charge in [-0.25, -0.2) is 9.78 Å². The largest absolute Gasteiger partial charge is 0.466 e. The average Bonchev–Trinajstić information content (AvgIpc) is 2.59. The van der Waals surface area contributed by atoms with Gasteiger partial charge in [-0.2, -0.15) is 0 Å². The normalized spacial score (nSPS) is 17.2. The van der Waals surface area contributed by atoms with Crippen LogP contribution in [0.3, 0.4) is 0 Å². The number of nitrogens with zero attached hydrogens (tertiary/aromatic N) is 2. The Morgan fingerprint density at radius 1 is 1.38 bits per heavy atom. The van der Waals surface area contributed by atoms with E-state index in [1.165, 1.54) is 23.2 Å². The molecule has 0 spiro atoms. The van der Waals surface area contributed by atoms with E-state index < -0.39 is 5.97 Å². The number of amides is 1. The number of rotatable bonds is 5. The monoisotopic (exact) mass is 354 g/mol. The Hall–Kier alpha value is -2.15.